The Morgan fingerprint density at radius 1 is 1.54 bits per heavy atom. The number of thioether (sulfide) groups is 2. The largest absolute Gasteiger partial charge is 0.481 e. The standard InChI is InChI=1S/C19H20N10O5S3/c1-2-4-29-18(24-26-27-29)37-9-19(16(32)33)7-28-14(31)12(15(28)36-8-19)23-13(30)11(25-34-5-3-20)10-6-35-17(21)22-10/h2,6,12,15H,1,4-5,7-9H2,(H2,21,22)(H,23,30)(H,32,33)/t12?,15-,19?/m1/s1. The minimum absolute atomic E-state index is 0.0317. The Morgan fingerprint density at radius 2 is 2.35 bits per heavy atom. The van der Waals surface area contributed by atoms with Crippen LogP contribution in [0.25, 0.3) is 0 Å². The third-order valence-corrected chi connectivity index (χ3v) is 8.94. The van der Waals surface area contributed by atoms with Crippen LogP contribution in [0.1, 0.15) is 5.69 Å². The van der Waals surface area contributed by atoms with Gasteiger partial charge in [0, 0.05) is 23.4 Å². The summed E-state index contributed by atoms with van der Waals surface area (Å²) in [6.07, 6.45) is 1.62. The highest BCUT2D eigenvalue weighted by atomic mass is 32.2. The van der Waals surface area contributed by atoms with E-state index in [-0.39, 0.29) is 41.2 Å². The normalized spacial score (nSPS) is 22.9. The highest BCUT2D eigenvalue weighted by Crippen LogP contribution is 2.44. The molecule has 2 aliphatic heterocycles. The quantitative estimate of drug-likeness (QED) is 0.0777. The number of fused-ring (bicyclic) bond motifs is 1. The van der Waals surface area contributed by atoms with Gasteiger partial charge in [0.1, 0.15) is 28.6 Å². The lowest BCUT2D eigenvalue weighted by molar-refractivity contribution is -0.157. The van der Waals surface area contributed by atoms with Crippen molar-refractivity contribution >= 4 is 63.5 Å². The van der Waals surface area contributed by atoms with Gasteiger partial charge in [-0.1, -0.05) is 23.0 Å². The summed E-state index contributed by atoms with van der Waals surface area (Å²) in [7, 11) is 0. The average molecular weight is 565 g/mol. The number of carbonyl (C=O) groups is 3. The molecule has 15 nitrogen and oxygen atoms in total. The van der Waals surface area contributed by atoms with Crippen LogP contribution in [-0.4, -0.2) is 94.8 Å². The molecule has 2 fully saturated rings. The highest BCUT2D eigenvalue weighted by molar-refractivity contribution is 8.00. The van der Waals surface area contributed by atoms with Gasteiger partial charge < -0.3 is 25.9 Å². The number of rotatable bonds is 11. The van der Waals surface area contributed by atoms with E-state index in [0.29, 0.717) is 11.7 Å². The molecule has 2 saturated heterocycles. The van der Waals surface area contributed by atoms with Gasteiger partial charge in [0.25, 0.3) is 5.91 Å². The van der Waals surface area contributed by atoms with Crippen LogP contribution in [0.5, 0.6) is 0 Å². The van der Waals surface area contributed by atoms with Crippen molar-refractivity contribution < 1.29 is 24.3 Å². The number of allylic oxidation sites excluding steroid dienone is 1. The summed E-state index contributed by atoms with van der Waals surface area (Å²) in [5.74, 6) is -1.86. The summed E-state index contributed by atoms with van der Waals surface area (Å²) in [5, 5.41) is 38.1. The fourth-order valence-corrected chi connectivity index (χ4v) is 6.88. The van der Waals surface area contributed by atoms with Crippen molar-refractivity contribution in [2.45, 2.75) is 23.1 Å². The second-order valence-electron chi connectivity index (χ2n) is 7.87. The zero-order valence-corrected chi connectivity index (χ0v) is 21.5. The van der Waals surface area contributed by atoms with E-state index in [1.165, 1.54) is 38.5 Å². The number of nitrogens with one attached hydrogen (secondary N) is 1. The number of hydrogen-bond acceptors (Lipinski definition) is 14. The topological polar surface area (TPSA) is 215 Å². The van der Waals surface area contributed by atoms with Crippen LogP contribution in [0.3, 0.4) is 0 Å². The number of nitriles is 1. The van der Waals surface area contributed by atoms with Gasteiger partial charge in [-0.15, -0.1) is 34.8 Å². The van der Waals surface area contributed by atoms with Gasteiger partial charge in [0.05, 0.1) is 6.54 Å². The van der Waals surface area contributed by atoms with Crippen LogP contribution in [0, 0.1) is 16.7 Å². The van der Waals surface area contributed by atoms with E-state index in [1.54, 1.807) is 12.1 Å². The molecule has 2 aromatic rings. The van der Waals surface area contributed by atoms with Gasteiger partial charge in [-0.05, 0) is 10.4 Å². The minimum atomic E-state index is -1.24. The number of tetrazole rings is 1. The van der Waals surface area contributed by atoms with E-state index in [0.717, 1.165) is 11.3 Å². The van der Waals surface area contributed by atoms with Gasteiger partial charge in [0.2, 0.25) is 17.7 Å². The van der Waals surface area contributed by atoms with E-state index < -0.39 is 34.6 Å². The average Bonchev–Trinajstić information content (AvgIpc) is 3.52. The number of β-lactam (4-membered cyclic amide) rings is 1. The number of hydrogen-bond donors (Lipinski definition) is 3. The van der Waals surface area contributed by atoms with Crippen LogP contribution < -0.4 is 11.1 Å². The van der Waals surface area contributed by atoms with Crippen molar-refractivity contribution in [3.05, 3.63) is 23.7 Å². The molecule has 2 unspecified atom stereocenters. The number of carboxylic acids is 1. The molecular formula is C19H20N10O5S3. The Labute approximate surface area is 222 Å². The van der Waals surface area contributed by atoms with Crippen molar-refractivity contribution in [3.8, 4) is 6.07 Å². The van der Waals surface area contributed by atoms with E-state index >= 15 is 0 Å². The Morgan fingerprint density at radius 3 is 3.03 bits per heavy atom. The number of carboxylic acid groups (broad SMARTS) is 1. The summed E-state index contributed by atoms with van der Waals surface area (Å²) in [6.45, 7) is 3.60. The van der Waals surface area contributed by atoms with Crippen LogP contribution in [0.2, 0.25) is 0 Å². The number of amides is 2. The maximum absolute atomic E-state index is 12.9. The SMILES string of the molecule is C=CCn1nnnc1SCC1(C(=O)O)CS[C@@H]2C(NC(=O)C(=NOCC#N)c3csc(N)n3)C(=O)N2C1. The van der Waals surface area contributed by atoms with Crippen LogP contribution in [0.15, 0.2) is 28.3 Å². The Hall–Kier alpha value is -3.69. The zero-order valence-electron chi connectivity index (χ0n) is 19.0. The monoisotopic (exact) mass is 564 g/mol. The lowest BCUT2D eigenvalue weighted by atomic mass is 9.89. The molecule has 4 rings (SSSR count). The predicted octanol–water partition coefficient (Wildman–Crippen LogP) is -0.595. The summed E-state index contributed by atoms with van der Waals surface area (Å²) < 4.78 is 1.50. The molecule has 0 bridgehead atoms. The fourth-order valence-electron chi connectivity index (χ4n) is 3.58. The molecule has 37 heavy (non-hydrogen) atoms. The zero-order chi connectivity index (χ0) is 26.6. The molecule has 0 saturated carbocycles. The molecule has 2 amide bonds. The summed E-state index contributed by atoms with van der Waals surface area (Å²) >= 11 is 3.54. The summed E-state index contributed by atoms with van der Waals surface area (Å²) in [6, 6.07) is 0.843. The molecular weight excluding hydrogens is 544 g/mol. The van der Waals surface area contributed by atoms with Crippen LogP contribution in [0.4, 0.5) is 5.13 Å². The van der Waals surface area contributed by atoms with E-state index in [2.05, 4.69) is 37.6 Å². The fraction of sp³-hybridized carbons (Fsp3) is 0.421. The van der Waals surface area contributed by atoms with Crippen molar-refractivity contribution in [2.75, 3.05) is 30.4 Å². The van der Waals surface area contributed by atoms with Crippen LogP contribution >= 0.6 is 34.9 Å². The molecule has 0 radical (unpaired) electrons. The third-order valence-electron chi connectivity index (χ3n) is 5.43. The smallest absolute Gasteiger partial charge is 0.313 e. The van der Waals surface area contributed by atoms with Crippen molar-refractivity contribution in [1.29, 1.82) is 5.26 Å². The van der Waals surface area contributed by atoms with Gasteiger partial charge in [-0.3, -0.25) is 14.4 Å². The van der Waals surface area contributed by atoms with E-state index in [4.69, 9.17) is 15.8 Å². The Kier molecular flexibility index (Phi) is 7.94. The summed E-state index contributed by atoms with van der Waals surface area (Å²) in [4.78, 5) is 48.4. The lowest BCUT2D eigenvalue weighted by Gasteiger charge is -2.53. The molecule has 3 atom stereocenters. The first-order chi connectivity index (χ1) is 17.8. The number of oxime groups is 1. The Bertz CT molecular complexity index is 1290. The number of anilines is 1. The predicted molar refractivity (Wildman–Crippen MR) is 133 cm³/mol. The number of nitrogen functional groups attached to an aromatic ring is 1. The maximum atomic E-state index is 12.9. The molecule has 0 spiro atoms. The first kappa shape index (κ1) is 26.4. The maximum Gasteiger partial charge on any atom is 0.313 e. The van der Waals surface area contributed by atoms with Crippen molar-refractivity contribution in [1.82, 2.24) is 35.4 Å². The Balaban J connectivity index is 1.43. The molecule has 0 aliphatic carbocycles. The molecule has 4 heterocycles. The summed E-state index contributed by atoms with van der Waals surface area (Å²) in [5.41, 5.74) is 4.31. The molecule has 2 aromatic heterocycles. The number of aliphatic carboxylic acids is 1. The number of aromatic nitrogens is 5. The number of carbonyl (C=O) groups excluding carboxylic acids is 2. The highest BCUT2D eigenvalue weighted by Gasteiger charge is 2.57. The molecule has 4 N–H and O–H groups in total. The molecule has 2 aliphatic rings. The first-order valence-corrected chi connectivity index (χ1v) is 13.5. The third kappa shape index (κ3) is 5.38. The van der Waals surface area contributed by atoms with Gasteiger partial charge in [0.15, 0.2) is 10.8 Å². The second-order valence-corrected chi connectivity index (χ2v) is 10.8. The van der Waals surface area contributed by atoms with Crippen molar-refractivity contribution in [2.24, 2.45) is 10.6 Å². The second kappa shape index (κ2) is 11.1. The van der Waals surface area contributed by atoms with E-state index in [1.807, 2.05) is 0 Å². The minimum Gasteiger partial charge on any atom is -0.481 e. The molecule has 0 aromatic carbocycles. The van der Waals surface area contributed by atoms with Gasteiger partial charge in [-0.2, -0.15) is 5.26 Å². The first-order valence-electron chi connectivity index (χ1n) is 10.5. The van der Waals surface area contributed by atoms with Crippen LogP contribution in [-0.2, 0) is 25.8 Å². The number of nitrogens with zero attached hydrogens (tertiary/aromatic N) is 8. The van der Waals surface area contributed by atoms with E-state index in [9.17, 15) is 19.5 Å². The van der Waals surface area contributed by atoms with Crippen molar-refractivity contribution in [3.63, 3.8) is 0 Å². The number of thiazole rings is 1. The van der Waals surface area contributed by atoms with Gasteiger partial charge in [-0.25, -0.2) is 9.67 Å². The molecule has 194 valence electrons. The molecule has 18 heteroatoms. The lowest BCUT2D eigenvalue weighted by Crippen LogP contribution is -2.74. The number of nitrogens with two attached hydrogens (primary N) is 1. The van der Waals surface area contributed by atoms with Gasteiger partial charge >= 0.3 is 5.97 Å².